The van der Waals surface area contributed by atoms with E-state index in [2.05, 4.69) is 16.7 Å². The van der Waals surface area contributed by atoms with Gasteiger partial charge in [0.1, 0.15) is 6.10 Å². The smallest absolute Gasteiger partial charge is 0.339 e. The molecule has 1 aliphatic carbocycles. The highest BCUT2D eigenvalue weighted by Crippen LogP contribution is 2.32. The van der Waals surface area contributed by atoms with E-state index >= 15 is 0 Å². The highest BCUT2D eigenvalue weighted by atomic mass is 16.5. The number of nitrogens with zero attached hydrogens (tertiary/aromatic N) is 2. The van der Waals surface area contributed by atoms with Crippen molar-refractivity contribution >= 4 is 11.7 Å². The van der Waals surface area contributed by atoms with Crippen LogP contribution in [0.1, 0.15) is 38.7 Å². The highest BCUT2D eigenvalue weighted by Gasteiger charge is 2.30. The molecule has 0 aromatic heterocycles. The maximum Gasteiger partial charge on any atom is 0.339 e. The average molecular weight is 392 g/mol. The number of allylic oxidation sites excluding steroid dienone is 3. The topological polar surface area (TPSA) is 68.1 Å². The molecule has 0 amide bonds. The number of esters is 1. The number of aliphatic imine (C=N–C) groups is 1. The van der Waals surface area contributed by atoms with Crippen molar-refractivity contribution in [1.82, 2.24) is 0 Å². The summed E-state index contributed by atoms with van der Waals surface area (Å²) in [7, 11) is 0. The molecule has 0 spiro atoms. The summed E-state index contributed by atoms with van der Waals surface area (Å²) in [5.74, 6) is -0.306. The molecular weight excluding hydrogens is 364 g/mol. The summed E-state index contributed by atoms with van der Waals surface area (Å²) in [4.78, 5) is 27.5. The molecule has 0 radical (unpaired) electrons. The Kier molecular flexibility index (Phi) is 8.96. The summed E-state index contributed by atoms with van der Waals surface area (Å²) in [6.07, 6.45) is 8.90. The van der Waals surface area contributed by atoms with Crippen LogP contribution in [0.4, 0.5) is 0 Å². The number of nitroso groups, excluding NO2 is 1. The number of carbonyl (C=O) groups is 1. The maximum atomic E-state index is 12.3. The van der Waals surface area contributed by atoms with Gasteiger partial charge >= 0.3 is 5.97 Å². The molecular formula is C24H28N2O3. The number of hydrogen-bond acceptors (Lipinski definition) is 5. The van der Waals surface area contributed by atoms with E-state index < -0.39 is 0 Å². The first-order chi connectivity index (χ1) is 14.2. The van der Waals surface area contributed by atoms with Gasteiger partial charge < -0.3 is 4.74 Å². The summed E-state index contributed by atoms with van der Waals surface area (Å²) < 4.78 is 5.58. The van der Waals surface area contributed by atoms with Crippen molar-refractivity contribution in [3.63, 3.8) is 0 Å². The summed E-state index contributed by atoms with van der Waals surface area (Å²) >= 11 is 0. The zero-order chi connectivity index (χ0) is 21.1. The molecule has 5 heteroatoms. The van der Waals surface area contributed by atoms with Crippen molar-refractivity contribution in [2.75, 3.05) is 13.1 Å². The summed E-state index contributed by atoms with van der Waals surface area (Å²) in [6.45, 7) is 8.82. The third-order valence-corrected chi connectivity index (χ3v) is 4.64. The van der Waals surface area contributed by atoms with Gasteiger partial charge in [0.05, 0.1) is 12.1 Å². The van der Waals surface area contributed by atoms with E-state index in [0.29, 0.717) is 31.4 Å². The van der Waals surface area contributed by atoms with Crippen LogP contribution < -0.4 is 0 Å². The molecule has 0 saturated heterocycles. The van der Waals surface area contributed by atoms with Crippen LogP contribution in [0.25, 0.3) is 0 Å². The Labute approximate surface area is 172 Å². The van der Waals surface area contributed by atoms with Crippen LogP contribution in [-0.2, 0) is 9.53 Å². The maximum absolute atomic E-state index is 12.3. The number of carbonyl (C=O) groups excluding carboxylic acids is 1. The van der Waals surface area contributed by atoms with E-state index in [0.717, 1.165) is 22.4 Å². The minimum Gasteiger partial charge on any atom is -0.454 e. The molecule has 0 saturated carbocycles. The molecule has 1 unspecified atom stereocenters. The van der Waals surface area contributed by atoms with Crippen LogP contribution in [0, 0.1) is 4.91 Å². The average Bonchev–Trinajstić information content (AvgIpc) is 3.03. The first-order valence-electron chi connectivity index (χ1n) is 10.0. The number of cyclic esters (lactones) is 1. The minimum atomic E-state index is -0.374. The van der Waals surface area contributed by atoms with Crippen molar-refractivity contribution in [3.8, 4) is 0 Å². The van der Waals surface area contributed by atoms with E-state index in [-0.39, 0.29) is 18.6 Å². The second-order valence-corrected chi connectivity index (χ2v) is 6.39. The molecule has 1 aromatic rings. The lowest BCUT2D eigenvalue weighted by molar-refractivity contribution is -0.143. The highest BCUT2D eigenvalue weighted by molar-refractivity contribution is 6.00. The number of benzene rings is 1. The van der Waals surface area contributed by atoms with E-state index in [4.69, 9.17) is 4.74 Å². The van der Waals surface area contributed by atoms with Gasteiger partial charge in [-0.15, -0.1) is 0 Å². The lowest BCUT2D eigenvalue weighted by Crippen LogP contribution is -2.28. The van der Waals surface area contributed by atoms with Crippen LogP contribution in [0.5, 0.6) is 0 Å². The normalized spacial score (nSPS) is 18.4. The first-order valence-corrected chi connectivity index (χ1v) is 10.0. The van der Waals surface area contributed by atoms with E-state index in [1.165, 1.54) is 0 Å². The van der Waals surface area contributed by atoms with Crippen LogP contribution in [0.15, 0.2) is 88.1 Å². The third kappa shape index (κ3) is 5.95. The van der Waals surface area contributed by atoms with Crippen LogP contribution in [-0.4, -0.2) is 30.9 Å². The van der Waals surface area contributed by atoms with E-state index in [9.17, 15) is 9.70 Å². The van der Waals surface area contributed by atoms with Crippen molar-refractivity contribution in [1.29, 1.82) is 0 Å². The summed E-state index contributed by atoms with van der Waals surface area (Å²) in [5, 5.41) is 2.94. The van der Waals surface area contributed by atoms with Gasteiger partial charge in [-0.1, -0.05) is 74.2 Å². The van der Waals surface area contributed by atoms with Gasteiger partial charge in [0.2, 0.25) is 0 Å². The largest absolute Gasteiger partial charge is 0.454 e. The standard InChI is InChI=1S/C22H22N2O3.C2H6/c1-16-18-10-6-3-7-11-19(18)22(25)27-21(16)13-14-23-20(12-15-24-26)17-8-4-2-5-9-17;1-2/h2-9,11,21H,1,10,12-15H2;1-2H3. The zero-order valence-electron chi connectivity index (χ0n) is 17.1. The number of ether oxygens (including phenoxy) is 1. The molecule has 1 atom stereocenters. The predicted molar refractivity (Wildman–Crippen MR) is 118 cm³/mol. The van der Waals surface area contributed by atoms with Crippen LogP contribution in [0.3, 0.4) is 0 Å². The van der Waals surface area contributed by atoms with Gasteiger partial charge in [-0.05, 0) is 29.2 Å². The Morgan fingerprint density at radius 2 is 1.93 bits per heavy atom. The van der Waals surface area contributed by atoms with E-state index in [1.807, 2.05) is 62.4 Å². The molecule has 5 nitrogen and oxygen atoms in total. The van der Waals surface area contributed by atoms with Gasteiger partial charge in [-0.2, -0.15) is 4.91 Å². The Morgan fingerprint density at radius 1 is 1.17 bits per heavy atom. The molecule has 1 aromatic carbocycles. The van der Waals surface area contributed by atoms with Crippen molar-refractivity contribution < 1.29 is 9.53 Å². The Balaban J connectivity index is 0.00000145. The van der Waals surface area contributed by atoms with Gasteiger partial charge in [-0.3, -0.25) is 4.99 Å². The van der Waals surface area contributed by atoms with Crippen molar-refractivity contribution in [3.05, 3.63) is 88.4 Å². The minimum absolute atomic E-state index is 0.188. The van der Waals surface area contributed by atoms with Gasteiger partial charge in [-0.25, -0.2) is 4.79 Å². The van der Waals surface area contributed by atoms with Crippen LogP contribution >= 0.6 is 0 Å². The summed E-state index contributed by atoms with van der Waals surface area (Å²) in [5.41, 5.74) is 4.19. The molecule has 1 heterocycles. The third-order valence-electron chi connectivity index (χ3n) is 4.64. The van der Waals surface area contributed by atoms with Gasteiger partial charge in [0.15, 0.2) is 0 Å². The molecule has 0 bridgehead atoms. The fourth-order valence-electron chi connectivity index (χ4n) is 3.23. The fourth-order valence-corrected chi connectivity index (χ4v) is 3.23. The van der Waals surface area contributed by atoms with Gasteiger partial charge in [0, 0.05) is 25.1 Å². The first kappa shape index (κ1) is 22.2. The molecule has 29 heavy (non-hydrogen) atoms. The van der Waals surface area contributed by atoms with Crippen molar-refractivity contribution in [2.24, 2.45) is 10.2 Å². The van der Waals surface area contributed by atoms with Gasteiger partial charge in [0.25, 0.3) is 0 Å². The monoisotopic (exact) mass is 392 g/mol. The Bertz CT molecular complexity index is 848. The Morgan fingerprint density at radius 3 is 2.66 bits per heavy atom. The summed E-state index contributed by atoms with van der Waals surface area (Å²) in [6, 6.07) is 9.73. The molecule has 2 aliphatic rings. The number of rotatable bonds is 7. The molecule has 152 valence electrons. The molecule has 0 N–H and O–H groups in total. The lowest BCUT2D eigenvalue weighted by Gasteiger charge is -2.27. The predicted octanol–water partition coefficient (Wildman–Crippen LogP) is 5.34. The molecule has 3 rings (SSSR count). The zero-order valence-corrected chi connectivity index (χ0v) is 17.1. The van der Waals surface area contributed by atoms with E-state index in [1.54, 1.807) is 6.08 Å². The molecule has 0 fully saturated rings. The SMILES string of the molecule is C=C1C2=C(C=CC=CC2)C(=O)OC1CCN=C(CCN=O)c1ccccc1.CC. The van der Waals surface area contributed by atoms with Crippen LogP contribution in [0.2, 0.25) is 0 Å². The number of hydrogen-bond donors (Lipinski definition) is 0. The van der Waals surface area contributed by atoms with Crippen molar-refractivity contribution in [2.45, 2.75) is 39.2 Å². The lowest BCUT2D eigenvalue weighted by atomic mass is 9.90. The molecule has 1 aliphatic heterocycles. The fraction of sp³-hybridized carbons (Fsp3) is 0.333. The second-order valence-electron chi connectivity index (χ2n) is 6.39. The Hall–Kier alpha value is -3.08. The second kappa shape index (κ2) is 11.7. The quantitative estimate of drug-likeness (QED) is 0.357.